The molecule has 2 aromatic heterocycles. The lowest BCUT2D eigenvalue weighted by atomic mass is 10.1. The number of fused-ring (bicyclic) bond motifs is 1. The molecule has 27 heavy (non-hydrogen) atoms. The summed E-state index contributed by atoms with van der Waals surface area (Å²) in [5.74, 6) is 0.735. The molecule has 0 radical (unpaired) electrons. The largest absolute Gasteiger partial charge is 0.384 e. The summed E-state index contributed by atoms with van der Waals surface area (Å²) in [6.45, 7) is 5.85. The first-order chi connectivity index (χ1) is 13.1. The van der Waals surface area contributed by atoms with E-state index in [1.54, 1.807) is 0 Å². The summed E-state index contributed by atoms with van der Waals surface area (Å²) in [5, 5.41) is 8.66. The Morgan fingerprint density at radius 1 is 0.852 bits per heavy atom. The molecule has 3 aromatic rings. The van der Waals surface area contributed by atoms with Crippen LogP contribution in [-0.4, -0.2) is 28.0 Å². The van der Waals surface area contributed by atoms with Crippen molar-refractivity contribution in [3.05, 3.63) is 52.9 Å². The van der Waals surface area contributed by atoms with Gasteiger partial charge in [-0.15, -0.1) is 0 Å². The van der Waals surface area contributed by atoms with Gasteiger partial charge >= 0.3 is 0 Å². The molecule has 0 saturated carbocycles. The fraction of sp³-hybridized carbons (Fsp3) is 0.381. The van der Waals surface area contributed by atoms with E-state index >= 15 is 0 Å². The lowest BCUT2D eigenvalue weighted by Gasteiger charge is -2.10. The first-order valence-corrected chi connectivity index (χ1v) is 9.84. The molecule has 2 heterocycles. The van der Waals surface area contributed by atoms with Crippen LogP contribution in [0.5, 0.6) is 0 Å². The summed E-state index contributed by atoms with van der Waals surface area (Å²) in [6.07, 6.45) is 6.45. The van der Waals surface area contributed by atoms with E-state index in [1.165, 1.54) is 12.8 Å². The van der Waals surface area contributed by atoms with Crippen molar-refractivity contribution in [2.24, 2.45) is 0 Å². The van der Waals surface area contributed by atoms with Crippen molar-refractivity contribution in [3.8, 4) is 0 Å². The van der Waals surface area contributed by atoms with Crippen LogP contribution in [0.3, 0.4) is 0 Å². The van der Waals surface area contributed by atoms with Crippen LogP contribution in [0.2, 0.25) is 5.02 Å². The lowest BCUT2D eigenvalue weighted by molar-refractivity contribution is 0.669. The highest BCUT2D eigenvalue weighted by atomic mass is 35.5. The Hall–Kier alpha value is -2.40. The molecule has 0 bridgehead atoms. The molecule has 5 nitrogen and oxygen atoms in total. The topological polar surface area (TPSA) is 62.7 Å². The van der Waals surface area contributed by atoms with Crippen molar-refractivity contribution in [2.75, 3.05) is 23.7 Å². The Labute approximate surface area is 165 Å². The van der Waals surface area contributed by atoms with E-state index in [9.17, 15) is 0 Å². The standard InChI is InChI=1S/C21H26ClN5/c1-15-13-16(2)27-21(26-15)25-11-6-4-3-5-10-23-19-9-12-24-20-14-17(22)7-8-18(19)20/h7-9,12-14H,3-6,10-11H2,1-2H3,(H,23,24)(H,25,26,27). The van der Waals surface area contributed by atoms with Crippen molar-refractivity contribution in [1.82, 2.24) is 15.0 Å². The predicted molar refractivity (Wildman–Crippen MR) is 114 cm³/mol. The summed E-state index contributed by atoms with van der Waals surface area (Å²) < 4.78 is 0. The van der Waals surface area contributed by atoms with E-state index in [2.05, 4.69) is 25.6 Å². The van der Waals surface area contributed by atoms with Crippen molar-refractivity contribution in [1.29, 1.82) is 0 Å². The minimum Gasteiger partial charge on any atom is -0.384 e. The Morgan fingerprint density at radius 2 is 1.56 bits per heavy atom. The molecule has 2 N–H and O–H groups in total. The molecule has 0 saturated heterocycles. The van der Waals surface area contributed by atoms with E-state index in [0.29, 0.717) is 5.02 Å². The van der Waals surface area contributed by atoms with Gasteiger partial charge in [0.2, 0.25) is 5.95 Å². The van der Waals surface area contributed by atoms with Crippen LogP contribution in [0.4, 0.5) is 11.6 Å². The van der Waals surface area contributed by atoms with Gasteiger partial charge in [0.1, 0.15) is 0 Å². The monoisotopic (exact) mass is 383 g/mol. The van der Waals surface area contributed by atoms with Gasteiger partial charge in [-0.25, -0.2) is 9.97 Å². The third-order valence-electron chi connectivity index (χ3n) is 4.39. The molecule has 3 rings (SSSR count). The molecule has 0 spiro atoms. The number of benzene rings is 1. The van der Waals surface area contributed by atoms with Crippen LogP contribution >= 0.6 is 11.6 Å². The van der Waals surface area contributed by atoms with Gasteiger partial charge in [-0.05, 0) is 57.0 Å². The zero-order chi connectivity index (χ0) is 19.1. The normalized spacial score (nSPS) is 10.9. The first kappa shape index (κ1) is 19.4. The van der Waals surface area contributed by atoms with Crippen LogP contribution in [-0.2, 0) is 0 Å². The third-order valence-corrected chi connectivity index (χ3v) is 4.62. The van der Waals surface area contributed by atoms with Crippen LogP contribution in [0.15, 0.2) is 36.5 Å². The number of halogens is 1. The van der Waals surface area contributed by atoms with E-state index in [-0.39, 0.29) is 0 Å². The number of aromatic nitrogens is 3. The molecule has 0 aliphatic heterocycles. The summed E-state index contributed by atoms with van der Waals surface area (Å²) >= 11 is 6.04. The maximum Gasteiger partial charge on any atom is 0.223 e. The number of hydrogen-bond donors (Lipinski definition) is 2. The molecule has 1 aromatic carbocycles. The second-order valence-corrected chi connectivity index (χ2v) is 7.20. The predicted octanol–water partition coefficient (Wildman–Crippen LogP) is 5.38. The highest BCUT2D eigenvalue weighted by Gasteiger charge is 2.02. The summed E-state index contributed by atoms with van der Waals surface area (Å²) in [4.78, 5) is 13.2. The number of nitrogens with one attached hydrogen (secondary N) is 2. The van der Waals surface area contributed by atoms with Crippen LogP contribution in [0.25, 0.3) is 10.9 Å². The van der Waals surface area contributed by atoms with Gasteiger partial charge in [-0.2, -0.15) is 0 Å². The average molecular weight is 384 g/mol. The second-order valence-electron chi connectivity index (χ2n) is 6.76. The van der Waals surface area contributed by atoms with Gasteiger partial charge in [0.05, 0.1) is 5.52 Å². The maximum atomic E-state index is 6.04. The summed E-state index contributed by atoms with van der Waals surface area (Å²) in [5.41, 5.74) is 4.04. The van der Waals surface area contributed by atoms with Gasteiger partial charge in [0, 0.05) is 46.8 Å². The summed E-state index contributed by atoms with van der Waals surface area (Å²) in [6, 6.07) is 9.83. The van der Waals surface area contributed by atoms with Gasteiger partial charge in [-0.1, -0.05) is 24.4 Å². The molecule has 0 aliphatic carbocycles. The molecule has 0 fully saturated rings. The second kappa shape index (κ2) is 9.51. The minimum atomic E-state index is 0.715. The van der Waals surface area contributed by atoms with Gasteiger partial charge in [-0.3, -0.25) is 4.98 Å². The number of hydrogen-bond acceptors (Lipinski definition) is 5. The van der Waals surface area contributed by atoms with E-state index in [0.717, 1.165) is 59.9 Å². The molecule has 142 valence electrons. The van der Waals surface area contributed by atoms with E-state index < -0.39 is 0 Å². The average Bonchev–Trinajstić information content (AvgIpc) is 2.63. The Kier molecular flexibility index (Phi) is 6.82. The fourth-order valence-corrected chi connectivity index (χ4v) is 3.27. The molecular weight excluding hydrogens is 358 g/mol. The maximum absolute atomic E-state index is 6.04. The molecule has 0 aliphatic rings. The number of aryl methyl sites for hydroxylation is 2. The Morgan fingerprint density at radius 3 is 2.30 bits per heavy atom. The molecule has 0 amide bonds. The molecular formula is C21H26ClN5. The van der Waals surface area contributed by atoms with Crippen molar-refractivity contribution < 1.29 is 0 Å². The number of unbranched alkanes of at least 4 members (excludes halogenated alkanes) is 3. The van der Waals surface area contributed by atoms with Gasteiger partial charge in [0.25, 0.3) is 0 Å². The Bertz CT molecular complexity index is 877. The lowest BCUT2D eigenvalue weighted by Crippen LogP contribution is -2.07. The number of rotatable bonds is 9. The molecule has 0 unspecified atom stereocenters. The van der Waals surface area contributed by atoms with Crippen molar-refractivity contribution in [3.63, 3.8) is 0 Å². The number of nitrogens with zero attached hydrogens (tertiary/aromatic N) is 3. The minimum absolute atomic E-state index is 0.715. The van der Waals surface area contributed by atoms with E-state index in [4.69, 9.17) is 11.6 Å². The summed E-state index contributed by atoms with van der Waals surface area (Å²) in [7, 11) is 0. The van der Waals surface area contributed by atoms with Crippen LogP contribution < -0.4 is 10.6 Å². The molecule has 0 atom stereocenters. The first-order valence-electron chi connectivity index (χ1n) is 9.46. The van der Waals surface area contributed by atoms with Gasteiger partial charge < -0.3 is 10.6 Å². The Balaban J connectivity index is 1.34. The van der Waals surface area contributed by atoms with E-state index in [1.807, 2.05) is 50.4 Å². The smallest absolute Gasteiger partial charge is 0.223 e. The zero-order valence-electron chi connectivity index (χ0n) is 15.9. The fourth-order valence-electron chi connectivity index (χ4n) is 3.11. The number of pyridine rings is 1. The number of anilines is 2. The van der Waals surface area contributed by atoms with Crippen molar-refractivity contribution >= 4 is 34.1 Å². The zero-order valence-corrected chi connectivity index (χ0v) is 16.7. The van der Waals surface area contributed by atoms with Crippen LogP contribution in [0.1, 0.15) is 37.1 Å². The SMILES string of the molecule is Cc1cc(C)nc(NCCCCCCNc2ccnc3cc(Cl)ccc23)n1. The highest BCUT2D eigenvalue weighted by Crippen LogP contribution is 2.24. The highest BCUT2D eigenvalue weighted by molar-refractivity contribution is 6.31. The quantitative estimate of drug-likeness (QED) is 0.486. The van der Waals surface area contributed by atoms with Crippen LogP contribution in [0, 0.1) is 13.8 Å². The van der Waals surface area contributed by atoms with Gasteiger partial charge in [0.15, 0.2) is 0 Å². The molecule has 6 heteroatoms. The third kappa shape index (κ3) is 5.79. The van der Waals surface area contributed by atoms with Crippen molar-refractivity contribution in [2.45, 2.75) is 39.5 Å².